The summed E-state index contributed by atoms with van der Waals surface area (Å²) in [6.07, 6.45) is -0.0921. The average molecular weight is 909 g/mol. The summed E-state index contributed by atoms with van der Waals surface area (Å²) in [7, 11) is 0. The van der Waals surface area contributed by atoms with Gasteiger partial charge < -0.3 is 11.5 Å². The van der Waals surface area contributed by atoms with Gasteiger partial charge in [0, 0.05) is 22.5 Å². The average Bonchev–Trinajstić information content (AvgIpc) is 3.08. The smallest absolute Gasteiger partial charge is 0.385 e. The molecule has 0 fully saturated rings. The zero-order valence-electron chi connectivity index (χ0n) is 33.6. The van der Waals surface area contributed by atoms with Gasteiger partial charge in [-0.1, -0.05) is 69.2 Å². The van der Waals surface area contributed by atoms with Crippen molar-refractivity contribution < 1.29 is 87.8 Å². The molecule has 0 radical (unpaired) electrons. The molecule has 60 heavy (non-hydrogen) atoms. The van der Waals surface area contributed by atoms with E-state index in [0.29, 0.717) is 0 Å². The second kappa shape index (κ2) is 15.2. The quantitative estimate of drug-likeness (QED) is 0.138. The molecular formula is C38H44F20N2. The molecule has 22 heteroatoms. The van der Waals surface area contributed by atoms with Gasteiger partial charge >= 0.3 is 59.2 Å². The van der Waals surface area contributed by atoms with Crippen molar-refractivity contribution in [2.24, 2.45) is 0 Å². The number of anilines is 2. The van der Waals surface area contributed by atoms with Crippen molar-refractivity contribution in [3.05, 3.63) is 57.6 Å². The Morgan fingerprint density at radius 1 is 0.383 bits per heavy atom. The van der Waals surface area contributed by atoms with E-state index in [9.17, 15) is 35.1 Å². The zero-order valence-corrected chi connectivity index (χ0v) is 33.6. The van der Waals surface area contributed by atoms with Gasteiger partial charge in [0.25, 0.3) is 0 Å². The molecule has 0 bridgehead atoms. The molecule has 2 aromatic rings. The minimum absolute atomic E-state index is 0.0397. The predicted molar refractivity (Wildman–Crippen MR) is 184 cm³/mol. The summed E-state index contributed by atoms with van der Waals surface area (Å²) in [5, 5.41) is 0. The van der Waals surface area contributed by atoms with Gasteiger partial charge in [0.05, 0.1) is 0 Å². The molecule has 2 aromatic carbocycles. The van der Waals surface area contributed by atoms with Crippen molar-refractivity contribution in [2.75, 3.05) is 11.5 Å². The van der Waals surface area contributed by atoms with Gasteiger partial charge in [-0.15, -0.1) is 0 Å². The topological polar surface area (TPSA) is 52.0 Å². The molecule has 2 nitrogen and oxygen atoms in total. The van der Waals surface area contributed by atoms with Gasteiger partial charge in [0.2, 0.25) is 0 Å². The lowest BCUT2D eigenvalue weighted by Gasteiger charge is -2.45. The minimum atomic E-state index is -9.15. The van der Waals surface area contributed by atoms with Crippen LogP contribution in [-0.4, -0.2) is 47.4 Å². The first-order valence-electron chi connectivity index (χ1n) is 17.9. The third kappa shape index (κ3) is 7.41. The highest BCUT2D eigenvalue weighted by Gasteiger charge is 2.97. The maximum atomic E-state index is 15.5. The summed E-state index contributed by atoms with van der Waals surface area (Å²) in [6.45, 7) is 12.4. The molecule has 4 N–H and O–H groups in total. The number of nitrogen functional groups attached to an aromatic ring is 2. The van der Waals surface area contributed by atoms with E-state index >= 15 is 52.7 Å². The van der Waals surface area contributed by atoms with Crippen LogP contribution in [-0.2, 0) is 22.7 Å². The van der Waals surface area contributed by atoms with Crippen molar-refractivity contribution in [3.8, 4) is 0 Å². The number of benzene rings is 2. The molecule has 0 aromatic heterocycles. The molecule has 0 aliphatic heterocycles. The van der Waals surface area contributed by atoms with Crippen LogP contribution in [0.1, 0.15) is 127 Å². The molecule has 2 rings (SSSR count). The first-order valence-corrected chi connectivity index (χ1v) is 17.9. The first-order chi connectivity index (χ1) is 26.2. The number of nitrogens with two attached hydrogens (primary N) is 2. The maximum absolute atomic E-state index is 15.5. The van der Waals surface area contributed by atoms with Crippen LogP contribution in [0.15, 0.2) is 24.3 Å². The van der Waals surface area contributed by atoms with Crippen LogP contribution in [0.3, 0.4) is 0 Å². The zero-order chi connectivity index (χ0) is 48.0. The van der Waals surface area contributed by atoms with Crippen LogP contribution in [0.25, 0.3) is 0 Å². The second-order valence-corrected chi connectivity index (χ2v) is 16.9. The second-order valence-electron chi connectivity index (χ2n) is 16.9. The lowest BCUT2D eigenvalue weighted by Crippen LogP contribution is -2.76. The third-order valence-corrected chi connectivity index (χ3v) is 10.6. The van der Waals surface area contributed by atoms with E-state index in [1.807, 2.05) is 0 Å². The summed E-state index contributed by atoms with van der Waals surface area (Å²) in [6, 6.07) is -0.182. The van der Waals surface area contributed by atoms with Crippen molar-refractivity contribution in [1.82, 2.24) is 0 Å². The van der Waals surface area contributed by atoms with Crippen molar-refractivity contribution in [3.63, 3.8) is 0 Å². The molecular weight excluding hydrogens is 864 g/mol. The van der Waals surface area contributed by atoms with Crippen LogP contribution in [0.5, 0.6) is 0 Å². The molecule has 0 heterocycles. The Hall–Kier alpha value is -3.36. The normalized spacial score (nSPS) is 16.3. The van der Waals surface area contributed by atoms with E-state index in [2.05, 4.69) is 0 Å². The van der Waals surface area contributed by atoms with Crippen LogP contribution in [0, 0.1) is 0 Å². The lowest BCUT2D eigenvalue weighted by atomic mass is 9.78. The highest BCUT2D eigenvalue weighted by Crippen LogP contribution is 2.68. The van der Waals surface area contributed by atoms with Crippen molar-refractivity contribution in [2.45, 2.75) is 164 Å². The SMILES string of the molecule is CCC(C)c1cc(C(F)(F)C(F)(F)C(F)(F)C(F)(F)C(F)(F)C(F)(F)C(F)(F)C(F)(F)C(F)(F)C(F)(F)c2cc(C(C)CC)c(N)c(C(C)(C)C)c2)cc(C(C)(C)C)c1N. The molecule has 0 saturated carbocycles. The van der Waals surface area contributed by atoms with Gasteiger partial charge in [-0.2, -0.15) is 87.8 Å². The monoisotopic (exact) mass is 908 g/mol. The fourth-order valence-electron chi connectivity index (χ4n) is 6.15. The Morgan fingerprint density at radius 3 is 0.767 bits per heavy atom. The summed E-state index contributed by atoms with van der Waals surface area (Å²) < 4.78 is 302. The van der Waals surface area contributed by atoms with E-state index in [0.717, 1.165) is 0 Å². The summed E-state index contributed by atoms with van der Waals surface area (Å²) in [5.41, 5.74) is 1.20. The van der Waals surface area contributed by atoms with Crippen molar-refractivity contribution >= 4 is 11.4 Å². The van der Waals surface area contributed by atoms with E-state index in [1.165, 1.54) is 69.2 Å². The largest absolute Gasteiger partial charge is 0.398 e. The Labute approximate surface area is 332 Å². The van der Waals surface area contributed by atoms with Crippen LogP contribution >= 0.6 is 0 Å². The lowest BCUT2D eigenvalue weighted by molar-refractivity contribution is -0.470. The summed E-state index contributed by atoms with van der Waals surface area (Å²) in [4.78, 5) is 0. The third-order valence-electron chi connectivity index (χ3n) is 10.6. The van der Waals surface area contributed by atoms with E-state index in [-0.39, 0.29) is 37.1 Å². The van der Waals surface area contributed by atoms with Crippen LogP contribution < -0.4 is 11.5 Å². The maximum Gasteiger partial charge on any atom is 0.385 e. The van der Waals surface area contributed by atoms with E-state index in [1.54, 1.807) is 0 Å². The molecule has 0 spiro atoms. The molecule has 346 valence electrons. The predicted octanol–water partition coefficient (Wildman–Crippen LogP) is 14.4. The minimum Gasteiger partial charge on any atom is -0.398 e. The van der Waals surface area contributed by atoms with E-state index in [4.69, 9.17) is 11.5 Å². The first kappa shape index (κ1) is 52.8. The summed E-state index contributed by atoms with van der Waals surface area (Å²) in [5.74, 6) is -85.5. The van der Waals surface area contributed by atoms with Gasteiger partial charge in [0.1, 0.15) is 0 Å². The number of alkyl halides is 20. The van der Waals surface area contributed by atoms with Crippen LogP contribution in [0.4, 0.5) is 99.2 Å². The van der Waals surface area contributed by atoms with Gasteiger partial charge in [-0.25, -0.2) is 0 Å². The standard InChI is InChI=1S/C38H44F20N2/c1-11-17(3)21-13-19(15-23(25(21)59)27(5,6)7)29(39,40)31(43,44)33(47,48)35(51,52)37(55,56)38(57,58)36(53,54)34(49,50)32(45,46)30(41,42)20-14-22(18(4)12-2)26(60)24(16-20)28(8,9)10/h13-18H,11-12,59-60H2,1-10H3. The fourth-order valence-corrected chi connectivity index (χ4v) is 6.15. The number of hydrogen-bond acceptors (Lipinski definition) is 2. The highest BCUT2D eigenvalue weighted by molar-refractivity contribution is 5.61. The molecule has 0 aliphatic carbocycles. The Kier molecular flexibility index (Phi) is 13.3. The number of halogens is 20. The number of hydrogen-bond donors (Lipinski definition) is 2. The molecule has 0 aliphatic rings. The Morgan fingerprint density at radius 2 is 0.583 bits per heavy atom. The fraction of sp³-hybridized carbons (Fsp3) is 0.684. The Bertz CT molecular complexity index is 1750. The molecule has 0 amide bonds. The molecule has 2 unspecified atom stereocenters. The van der Waals surface area contributed by atoms with Gasteiger partial charge in [-0.3, -0.25) is 0 Å². The highest BCUT2D eigenvalue weighted by atomic mass is 19.4. The van der Waals surface area contributed by atoms with Crippen LogP contribution in [0.2, 0.25) is 0 Å². The molecule has 0 saturated heterocycles. The van der Waals surface area contributed by atoms with E-state index < -0.39 is 127 Å². The van der Waals surface area contributed by atoms with Crippen molar-refractivity contribution in [1.29, 1.82) is 0 Å². The molecule has 2 atom stereocenters. The summed E-state index contributed by atoms with van der Waals surface area (Å²) >= 11 is 0. The number of rotatable bonds is 15. The van der Waals surface area contributed by atoms with Gasteiger partial charge in [-0.05, 0) is 82.0 Å². The van der Waals surface area contributed by atoms with Gasteiger partial charge in [0.15, 0.2) is 0 Å². The Balaban J connectivity index is 2.90.